The molecule has 1 aliphatic rings. The Morgan fingerprint density at radius 1 is 1.14 bits per heavy atom. The number of ether oxygens (including phenoxy) is 2. The summed E-state index contributed by atoms with van der Waals surface area (Å²) in [6.07, 6.45) is 0.885. The molecule has 1 aliphatic heterocycles. The smallest absolute Gasteiger partial charge is 0.425 e. The Morgan fingerprint density at radius 2 is 1.86 bits per heavy atom. The molecule has 0 bridgehead atoms. The number of rotatable bonds is 10. The van der Waals surface area contributed by atoms with E-state index in [1.54, 1.807) is 27.7 Å². The molecule has 1 heterocycles. The van der Waals surface area contributed by atoms with Gasteiger partial charge in [0.2, 0.25) is 5.91 Å². The van der Waals surface area contributed by atoms with Crippen LogP contribution in [0.5, 0.6) is 0 Å². The average molecular weight is 511 g/mol. The number of carbonyl (C=O) groups excluding carboxylic acids is 3. The minimum absolute atomic E-state index is 0.00205. The van der Waals surface area contributed by atoms with E-state index in [9.17, 15) is 14.4 Å². The molecule has 1 unspecified atom stereocenters. The second kappa shape index (κ2) is 12.7. The van der Waals surface area contributed by atoms with Crippen LogP contribution in [0.25, 0.3) is 0 Å². The number of hydrogen-bond donors (Lipinski definition) is 1. The van der Waals surface area contributed by atoms with Crippen LogP contribution in [0.15, 0.2) is 48.5 Å². The van der Waals surface area contributed by atoms with Gasteiger partial charge in [-0.1, -0.05) is 36.4 Å². The first-order valence-corrected chi connectivity index (χ1v) is 12.5. The van der Waals surface area contributed by atoms with Crippen LogP contribution >= 0.6 is 0 Å². The monoisotopic (exact) mass is 510 g/mol. The predicted octanol–water partition coefficient (Wildman–Crippen LogP) is 3.76. The summed E-state index contributed by atoms with van der Waals surface area (Å²) in [5.74, 6) is -0.289. The predicted molar refractivity (Wildman–Crippen MR) is 141 cm³/mol. The zero-order valence-electron chi connectivity index (χ0n) is 22.2. The third kappa shape index (κ3) is 8.30. The number of anilines is 1. The van der Waals surface area contributed by atoms with Gasteiger partial charge in [0.1, 0.15) is 18.6 Å². The van der Waals surface area contributed by atoms with Crippen LogP contribution < -0.4 is 5.73 Å². The summed E-state index contributed by atoms with van der Waals surface area (Å²) in [6.45, 7) is 8.48. The summed E-state index contributed by atoms with van der Waals surface area (Å²) in [7, 11) is 0. The van der Waals surface area contributed by atoms with E-state index in [0.717, 1.165) is 17.5 Å². The first kappa shape index (κ1) is 28.1. The zero-order chi connectivity index (χ0) is 27.0. The minimum atomic E-state index is -0.702. The molecule has 2 aromatic rings. The van der Waals surface area contributed by atoms with E-state index < -0.39 is 17.7 Å². The number of fused-ring (bicyclic) bond motifs is 1. The van der Waals surface area contributed by atoms with Gasteiger partial charge in [0.05, 0.1) is 19.2 Å². The lowest BCUT2D eigenvalue weighted by Gasteiger charge is -2.42. The van der Waals surface area contributed by atoms with Crippen molar-refractivity contribution in [3.63, 3.8) is 0 Å². The average Bonchev–Trinajstić information content (AvgIpc) is 2.83. The fourth-order valence-corrected chi connectivity index (χ4v) is 4.26. The van der Waals surface area contributed by atoms with Crippen molar-refractivity contribution in [1.82, 2.24) is 14.9 Å². The molecule has 9 nitrogen and oxygen atoms in total. The van der Waals surface area contributed by atoms with Crippen LogP contribution in [-0.4, -0.2) is 64.7 Å². The number of nitrogens with two attached hydrogens (primary N) is 1. The number of hydrogen-bond acceptors (Lipinski definition) is 7. The molecule has 0 radical (unpaired) electrons. The van der Waals surface area contributed by atoms with E-state index in [4.69, 9.17) is 15.2 Å². The summed E-state index contributed by atoms with van der Waals surface area (Å²) in [6, 6.07) is 14.9. The van der Waals surface area contributed by atoms with Crippen molar-refractivity contribution in [2.75, 3.05) is 25.6 Å². The SMILES string of the molecule is CC(CC(=O)N(CC=O)COCc1ccccc1)N(C(=O)OC(C)(C)C)N1CCc2ccc(N)cc2C1. The molecule has 1 atom stereocenters. The second-order valence-corrected chi connectivity index (χ2v) is 10.3. The van der Waals surface area contributed by atoms with Crippen molar-refractivity contribution >= 4 is 24.0 Å². The quantitative estimate of drug-likeness (QED) is 0.295. The highest BCUT2D eigenvalue weighted by Gasteiger charge is 2.34. The number of benzene rings is 2. The van der Waals surface area contributed by atoms with Crippen LogP contribution in [0.3, 0.4) is 0 Å². The molecule has 0 aromatic heterocycles. The van der Waals surface area contributed by atoms with E-state index in [0.29, 0.717) is 31.7 Å². The molecule has 0 fully saturated rings. The number of nitrogens with zero attached hydrogens (tertiary/aromatic N) is 3. The van der Waals surface area contributed by atoms with Gasteiger partial charge in [0, 0.05) is 25.2 Å². The van der Waals surface area contributed by atoms with E-state index in [1.807, 2.05) is 53.5 Å². The lowest BCUT2D eigenvalue weighted by atomic mass is 10.00. The molecular weight excluding hydrogens is 472 g/mol. The van der Waals surface area contributed by atoms with Gasteiger partial charge in [-0.2, -0.15) is 0 Å². The van der Waals surface area contributed by atoms with Crippen LogP contribution in [0.4, 0.5) is 10.5 Å². The standard InChI is InChI=1S/C28H38N4O5/c1-21(16-26(34)30(14-15-33)20-36-19-22-8-6-5-7-9-22)32(27(35)37-28(2,3)4)31-13-12-23-10-11-25(29)17-24(23)18-31/h5-11,15,17,21H,12-14,16,18-20,29H2,1-4H3. The van der Waals surface area contributed by atoms with Gasteiger partial charge in [-0.15, -0.1) is 0 Å². The summed E-state index contributed by atoms with van der Waals surface area (Å²) < 4.78 is 11.4. The Morgan fingerprint density at radius 3 is 2.54 bits per heavy atom. The number of hydrazine groups is 1. The molecule has 2 N–H and O–H groups in total. The van der Waals surface area contributed by atoms with Gasteiger partial charge in [0.15, 0.2) is 0 Å². The molecule has 0 spiro atoms. The van der Waals surface area contributed by atoms with Crippen LogP contribution in [-0.2, 0) is 38.6 Å². The maximum absolute atomic E-state index is 13.3. The highest BCUT2D eigenvalue weighted by Crippen LogP contribution is 2.25. The summed E-state index contributed by atoms with van der Waals surface area (Å²) in [5, 5.41) is 3.43. The fourth-order valence-electron chi connectivity index (χ4n) is 4.26. The normalized spacial score (nSPS) is 14.4. The largest absolute Gasteiger partial charge is 0.443 e. The van der Waals surface area contributed by atoms with Gasteiger partial charge in [0.25, 0.3) is 0 Å². The van der Waals surface area contributed by atoms with Gasteiger partial charge in [-0.05, 0) is 62.9 Å². The molecule has 2 aromatic carbocycles. The fraction of sp³-hybridized carbons (Fsp3) is 0.464. The summed E-state index contributed by atoms with van der Waals surface area (Å²) >= 11 is 0. The zero-order valence-corrected chi connectivity index (χ0v) is 22.2. The highest BCUT2D eigenvalue weighted by molar-refractivity contribution is 5.79. The third-order valence-corrected chi connectivity index (χ3v) is 6.00. The first-order valence-electron chi connectivity index (χ1n) is 12.5. The molecule has 37 heavy (non-hydrogen) atoms. The number of nitrogen functional groups attached to an aromatic ring is 1. The van der Waals surface area contributed by atoms with Crippen molar-refractivity contribution < 1.29 is 23.9 Å². The Balaban J connectivity index is 1.72. The highest BCUT2D eigenvalue weighted by atomic mass is 16.6. The van der Waals surface area contributed by atoms with Crippen LogP contribution in [0, 0.1) is 0 Å². The molecule has 3 rings (SSSR count). The molecule has 2 amide bonds. The number of aldehydes is 1. The number of carbonyl (C=O) groups is 3. The van der Waals surface area contributed by atoms with Crippen molar-refractivity contribution in [3.05, 3.63) is 65.2 Å². The molecule has 0 saturated heterocycles. The van der Waals surface area contributed by atoms with E-state index >= 15 is 0 Å². The van der Waals surface area contributed by atoms with Gasteiger partial charge >= 0.3 is 6.09 Å². The van der Waals surface area contributed by atoms with Crippen molar-refractivity contribution in [3.8, 4) is 0 Å². The van der Waals surface area contributed by atoms with Crippen molar-refractivity contribution in [2.24, 2.45) is 0 Å². The van der Waals surface area contributed by atoms with Gasteiger partial charge < -0.3 is 24.9 Å². The summed E-state index contributed by atoms with van der Waals surface area (Å²) in [5.41, 5.74) is 9.15. The Labute approximate surface area is 219 Å². The van der Waals surface area contributed by atoms with E-state index in [2.05, 4.69) is 0 Å². The minimum Gasteiger partial charge on any atom is -0.443 e. The Hall–Kier alpha value is -3.43. The van der Waals surface area contributed by atoms with Gasteiger partial charge in [-0.3, -0.25) is 4.79 Å². The molecule has 200 valence electrons. The topological polar surface area (TPSA) is 105 Å². The van der Waals surface area contributed by atoms with Crippen molar-refractivity contribution in [2.45, 2.75) is 65.3 Å². The lowest BCUT2D eigenvalue weighted by molar-refractivity contribution is -0.142. The van der Waals surface area contributed by atoms with Crippen molar-refractivity contribution in [1.29, 1.82) is 0 Å². The van der Waals surface area contributed by atoms with E-state index in [1.165, 1.54) is 15.5 Å². The number of amides is 2. The molecule has 9 heteroatoms. The molecular formula is C28H38N4O5. The molecule has 0 aliphatic carbocycles. The Kier molecular flexibility index (Phi) is 9.66. The van der Waals surface area contributed by atoms with Crippen LogP contribution in [0.1, 0.15) is 50.8 Å². The first-order chi connectivity index (χ1) is 17.6. The van der Waals surface area contributed by atoms with E-state index in [-0.39, 0.29) is 25.6 Å². The summed E-state index contributed by atoms with van der Waals surface area (Å²) in [4.78, 5) is 39.1. The second-order valence-electron chi connectivity index (χ2n) is 10.3. The van der Waals surface area contributed by atoms with Gasteiger partial charge in [-0.25, -0.2) is 14.8 Å². The van der Waals surface area contributed by atoms with Crippen LogP contribution in [0.2, 0.25) is 0 Å². The molecule has 0 saturated carbocycles. The third-order valence-electron chi connectivity index (χ3n) is 6.00. The lowest BCUT2D eigenvalue weighted by Crippen LogP contribution is -2.55. The Bertz CT molecular complexity index is 1070. The maximum atomic E-state index is 13.3. The maximum Gasteiger partial charge on any atom is 0.425 e.